The first-order chi connectivity index (χ1) is 18.1. The quantitative estimate of drug-likeness (QED) is 0.329. The molecule has 2 amide bonds. The molecule has 1 atom stereocenters. The van der Waals surface area contributed by atoms with E-state index in [9.17, 15) is 9.59 Å². The minimum atomic E-state index is -1.25. The first kappa shape index (κ1) is 23.9. The van der Waals surface area contributed by atoms with Gasteiger partial charge in [0.05, 0.1) is 18.3 Å². The van der Waals surface area contributed by atoms with E-state index in [2.05, 4.69) is 15.6 Å². The van der Waals surface area contributed by atoms with E-state index in [-0.39, 0.29) is 25.2 Å². The Bertz CT molecular complexity index is 1500. The van der Waals surface area contributed by atoms with E-state index in [1.165, 1.54) is 34.0 Å². The van der Waals surface area contributed by atoms with Gasteiger partial charge in [0.2, 0.25) is 11.8 Å². The number of benzene rings is 3. The van der Waals surface area contributed by atoms with Crippen molar-refractivity contribution in [2.75, 3.05) is 0 Å². The lowest BCUT2D eigenvalue weighted by atomic mass is 10.0. The summed E-state index contributed by atoms with van der Waals surface area (Å²) in [5.41, 5.74) is 2.27. The molecule has 8 nitrogen and oxygen atoms in total. The van der Waals surface area contributed by atoms with Gasteiger partial charge in [0.25, 0.3) is 0 Å². The highest BCUT2D eigenvalue weighted by Gasteiger charge is 2.34. The lowest BCUT2D eigenvalue weighted by Gasteiger charge is -2.31. The van der Waals surface area contributed by atoms with Gasteiger partial charge in [-0.05, 0) is 35.9 Å². The summed E-state index contributed by atoms with van der Waals surface area (Å²) in [6, 6.07) is 24.7. The highest BCUT2D eigenvalue weighted by Crippen LogP contribution is 2.27. The molecular weight excluding hydrogens is 473 g/mol. The summed E-state index contributed by atoms with van der Waals surface area (Å²) in [4.78, 5) is 28.7. The molecule has 0 saturated carbocycles. The van der Waals surface area contributed by atoms with Gasteiger partial charge in [-0.3, -0.25) is 9.59 Å². The monoisotopic (exact) mass is 497 g/mol. The predicted octanol–water partition coefficient (Wildman–Crippen LogP) is 4.25. The summed E-state index contributed by atoms with van der Waals surface area (Å²) in [6.45, 7) is -0.0184. The number of carbonyl (C=O) groups is 2. The van der Waals surface area contributed by atoms with Gasteiger partial charge in [0.1, 0.15) is 29.7 Å². The van der Waals surface area contributed by atoms with Gasteiger partial charge in [-0.2, -0.15) is 0 Å². The van der Waals surface area contributed by atoms with Crippen LogP contribution in [0.3, 0.4) is 0 Å². The SMILES string of the molecule is O=C(NCc1ccccc1)[C@@H](c1ccccc1F)N(Cc1ccco1)C(=O)Cn1nnc2ccccc21. The van der Waals surface area contributed by atoms with E-state index < -0.39 is 23.7 Å². The molecule has 0 aliphatic heterocycles. The van der Waals surface area contributed by atoms with E-state index in [4.69, 9.17) is 4.42 Å². The summed E-state index contributed by atoms with van der Waals surface area (Å²) in [5, 5.41) is 11.1. The third-order valence-corrected chi connectivity index (χ3v) is 6.00. The number of amides is 2. The van der Waals surface area contributed by atoms with Crippen molar-refractivity contribution in [3.63, 3.8) is 0 Å². The number of aromatic nitrogens is 3. The molecule has 3 aromatic carbocycles. The van der Waals surface area contributed by atoms with Crippen molar-refractivity contribution in [2.24, 2.45) is 0 Å². The molecule has 5 aromatic rings. The molecule has 0 aliphatic carbocycles. The van der Waals surface area contributed by atoms with Crippen LogP contribution in [0.4, 0.5) is 4.39 Å². The van der Waals surface area contributed by atoms with E-state index >= 15 is 4.39 Å². The molecule has 2 heterocycles. The van der Waals surface area contributed by atoms with Crippen molar-refractivity contribution in [3.05, 3.63) is 120 Å². The number of fused-ring (bicyclic) bond motifs is 1. The van der Waals surface area contributed by atoms with Crippen molar-refractivity contribution in [1.82, 2.24) is 25.2 Å². The summed E-state index contributed by atoms with van der Waals surface area (Å²) < 4.78 is 22.0. The second-order valence-corrected chi connectivity index (χ2v) is 8.46. The Labute approximate surface area is 212 Å². The first-order valence-corrected chi connectivity index (χ1v) is 11.8. The molecule has 9 heteroatoms. The van der Waals surface area contributed by atoms with E-state index in [1.54, 1.807) is 30.3 Å². The molecule has 0 fully saturated rings. The van der Waals surface area contributed by atoms with Gasteiger partial charge in [-0.1, -0.05) is 65.9 Å². The van der Waals surface area contributed by atoms with Crippen LogP contribution in [-0.2, 0) is 29.2 Å². The van der Waals surface area contributed by atoms with Crippen LogP contribution in [-0.4, -0.2) is 31.7 Å². The lowest BCUT2D eigenvalue weighted by molar-refractivity contribution is -0.142. The number of para-hydroxylation sites is 1. The van der Waals surface area contributed by atoms with Crippen molar-refractivity contribution in [3.8, 4) is 0 Å². The van der Waals surface area contributed by atoms with E-state index in [1.807, 2.05) is 42.5 Å². The number of hydrogen-bond acceptors (Lipinski definition) is 5. The van der Waals surface area contributed by atoms with Crippen LogP contribution in [0.1, 0.15) is 22.9 Å². The van der Waals surface area contributed by atoms with Crippen LogP contribution >= 0.6 is 0 Å². The Morgan fingerprint density at radius 1 is 0.946 bits per heavy atom. The zero-order valence-corrected chi connectivity index (χ0v) is 19.8. The maximum atomic E-state index is 15.1. The van der Waals surface area contributed by atoms with Crippen LogP contribution in [0.15, 0.2) is 102 Å². The fourth-order valence-corrected chi connectivity index (χ4v) is 4.18. The van der Waals surface area contributed by atoms with Gasteiger partial charge in [-0.25, -0.2) is 9.07 Å². The van der Waals surface area contributed by atoms with Crippen LogP contribution in [0.25, 0.3) is 11.0 Å². The minimum Gasteiger partial charge on any atom is -0.467 e. The van der Waals surface area contributed by atoms with Crippen molar-refractivity contribution < 1.29 is 18.4 Å². The highest BCUT2D eigenvalue weighted by atomic mass is 19.1. The predicted molar refractivity (Wildman–Crippen MR) is 134 cm³/mol. The van der Waals surface area contributed by atoms with E-state index in [0.29, 0.717) is 16.8 Å². The molecule has 5 rings (SSSR count). The molecule has 0 spiro atoms. The molecule has 1 N–H and O–H groups in total. The number of carbonyl (C=O) groups excluding carboxylic acids is 2. The Morgan fingerprint density at radius 3 is 2.49 bits per heavy atom. The fraction of sp³-hybridized carbons (Fsp3) is 0.143. The van der Waals surface area contributed by atoms with Crippen molar-refractivity contribution in [1.29, 1.82) is 0 Å². The van der Waals surface area contributed by atoms with Crippen LogP contribution in [0.2, 0.25) is 0 Å². The van der Waals surface area contributed by atoms with E-state index in [0.717, 1.165) is 5.56 Å². The van der Waals surface area contributed by atoms with Gasteiger partial charge < -0.3 is 14.6 Å². The summed E-state index contributed by atoms with van der Waals surface area (Å²) in [6.07, 6.45) is 1.48. The molecule has 0 radical (unpaired) electrons. The molecule has 2 aromatic heterocycles. The van der Waals surface area contributed by atoms with Gasteiger partial charge >= 0.3 is 0 Å². The second kappa shape index (κ2) is 10.9. The third kappa shape index (κ3) is 5.40. The summed E-state index contributed by atoms with van der Waals surface area (Å²) >= 11 is 0. The fourth-order valence-electron chi connectivity index (χ4n) is 4.18. The molecule has 0 unspecified atom stereocenters. The Kier molecular flexibility index (Phi) is 7.02. The summed E-state index contributed by atoms with van der Waals surface area (Å²) in [5.74, 6) is -1.10. The Hall–Kier alpha value is -4.79. The molecule has 0 aliphatic rings. The largest absolute Gasteiger partial charge is 0.467 e. The normalized spacial score (nSPS) is 11.8. The van der Waals surface area contributed by atoms with Crippen LogP contribution in [0.5, 0.6) is 0 Å². The second-order valence-electron chi connectivity index (χ2n) is 8.46. The number of halogens is 1. The number of rotatable bonds is 9. The number of furan rings is 1. The van der Waals surface area contributed by atoms with Gasteiger partial charge in [0.15, 0.2) is 0 Å². The Balaban J connectivity index is 1.50. The molecule has 186 valence electrons. The highest BCUT2D eigenvalue weighted by molar-refractivity contribution is 5.89. The lowest BCUT2D eigenvalue weighted by Crippen LogP contribution is -2.44. The zero-order valence-electron chi connectivity index (χ0n) is 19.8. The van der Waals surface area contributed by atoms with Crippen molar-refractivity contribution >= 4 is 22.8 Å². The molecule has 0 bridgehead atoms. The molecular formula is C28H24FN5O3. The average molecular weight is 498 g/mol. The maximum absolute atomic E-state index is 15.1. The molecule has 37 heavy (non-hydrogen) atoms. The topological polar surface area (TPSA) is 93.3 Å². The average Bonchev–Trinajstić information content (AvgIpc) is 3.59. The zero-order chi connectivity index (χ0) is 25.6. The maximum Gasteiger partial charge on any atom is 0.247 e. The third-order valence-electron chi connectivity index (χ3n) is 6.00. The van der Waals surface area contributed by atoms with Crippen LogP contribution < -0.4 is 5.32 Å². The van der Waals surface area contributed by atoms with Crippen molar-refractivity contribution in [2.45, 2.75) is 25.7 Å². The smallest absolute Gasteiger partial charge is 0.247 e. The van der Waals surface area contributed by atoms with Crippen LogP contribution in [0, 0.1) is 5.82 Å². The molecule has 0 saturated heterocycles. The summed E-state index contributed by atoms with van der Waals surface area (Å²) in [7, 11) is 0. The van der Waals surface area contributed by atoms with Gasteiger partial charge in [-0.15, -0.1) is 5.10 Å². The van der Waals surface area contributed by atoms with Gasteiger partial charge in [0, 0.05) is 12.1 Å². The minimum absolute atomic E-state index is 0.0454. The number of nitrogens with zero attached hydrogens (tertiary/aromatic N) is 4. The number of nitrogens with one attached hydrogen (secondary N) is 1. The Morgan fingerprint density at radius 2 is 1.70 bits per heavy atom. The number of hydrogen-bond donors (Lipinski definition) is 1. The standard InChI is InChI=1S/C28H24FN5O3/c29-23-13-5-4-12-22(23)27(28(36)30-17-20-9-2-1-3-10-20)33(18-21-11-8-16-37-21)26(35)19-34-25-15-7-6-14-24(25)31-32-34/h1-16,27H,17-19H2,(H,30,36)/t27-/m1/s1. The first-order valence-electron chi connectivity index (χ1n) is 11.8.